The van der Waals surface area contributed by atoms with Gasteiger partial charge in [-0.25, -0.2) is 4.79 Å². The molecule has 1 aliphatic carbocycles. The van der Waals surface area contributed by atoms with Gasteiger partial charge < -0.3 is 21.1 Å². The monoisotopic (exact) mass is 408 g/mol. The predicted molar refractivity (Wildman–Crippen MR) is 113 cm³/mol. The van der Waals surface area contributed by atoms with Crippen LogP contribution >= 0.6 is 0 Å². The molecule has 1 fully saturated rings. The Balaban J connectivity index is 1.63. The van der Waals surface area contributed by atoms with Crippen LogP contribution in [0, 0.1) is 0 Å². The number of anilines is 1. The number of fused-ring (bicyclic) bond motifs is 1. The van der Waals surface area contributed by atoms with Gasteiger partial charge in [0.2, 0.25) is 0 Å². The second-order valence-electron chi connectivity index (χ2n) is 7.77. The molecular weight excluding hydrogens is 384 g/mol. The van der Waals surface area contributed by atoms with Crippen molar-refractivity contribution >= 4 is 28.6 Å². The van der Waals surface area contributed by atoms with Gasteiger partial charge in [-0.1, -0.05) is 6.07 Å². The van der Waals surface area contributed by atoms with Crippen LogP contribution in [0.3, 0.4) is 0 Å². The summed E-state index contributed by atoms with van der Waals surface area (Å²) < 4.78 is 4.94. The molecule has 156 valence electrons. The van der Waals surface area contributed by atoms with E-state index in [9.17, 15) is 9.59 Å². The lowest BCUT2D eigenvalue weighted by Crippen LogP contribution is -2.49. The van der Waals surface area contributed by atoms with E-state index in [0.29, 0.717) is 18.4 Å². The summed E-state index contributed by atoms with van der Waals surface area (Å²) in [5, 5.41) is 14.1. The van der Waals surface area contributed by atoms with Gasteiger partial charge in [-0.3, -0.25) is 14.9 Å². The summed E-state index contributed by atoms with van der Waals surface area (Å²) in [4.78, 5) is 28.3. The quantitative estimate of drug-likeness (QED) is 0.495. The second kappa shape index (κ2) is 8.02. The van der Waals surface area contributed by atoms with Crippen molar-refractivity contribution in [1.82, 2.24) is 20.5 Å². The summed E-state index contributed by atoms with van der Waals surface area (Å²) in [5.41, 5.74) is 8.97. The standard InChI is InChI=1S/C21H24N6O3/c1-11(2)26-19-16-5-12(13-8-24-25-9-13)3-4-18(16)23-10-17(19)20(28)27-14-6-15(7-14)30-21(22)29/h3-5,8-11,14-15H,6-7H2,1-2H3,(H2,22,29)(H,23,26)(H,24,25)(H,27,28)/t14-,15-. The number of hydrogen-bond donors (Lipinski definition) is 4. The van der Waals surface area contributed by atoms with Crippen LogP contribution in [0.1, 0.15) is 37.0 Å². The molecule has 9 nitrogen and oxygen atoms in total. The Morgan fingerprint density at radius 3 is 2.70 bits per heavy atom. The normalized spacial score (nSPS) is 18.1. The molecule has 4 rings (SSSR count). The lowest BCUT2D eigenvalue weighted by Gasteiger charge is -2.34. The first-order valence-electron chi connectivity index (χ1n) is 9.86. The second-order valence-corrected chi connectivity index (χ2v) is 7.77. The highest BCUT2D eigenvalue weighted by molar-refractivity contribution is 6.08. The Bertz CT molecular complexity index is 1070. The number of nitrogens with zero attached hydrogens (tertiary/aromatic N) is 2. The average Bonchev–Trinajstić information content (AvgIpc) is 3.20. The number of nitrogens with one attached hydrogen (secondary N) is 3. The molecule has 2 aromatic heterocycles. The molecule has 5 N–H and O–H groups in total. The molecule has 1 aromatic carbocycles. The van der Waals surface area contributed by atoms with Crippen LogP contribution in [0.5, 0.6) is 0 Å². The molecule has 2 amide bonds. The molecule has 0 atom stereocenters. The molecule has 30 heavy (non-hydrogen) atoms. The number of hydrogen-bond acceptors (Lipinski definition) is 6. The highest BCUT2D eigenvalue weighted by Gasteiger charge is 2.33. The number of nitrogens with two attached hydrogens (primary N) is 1. The highest BCUT2D eigenvalue weighted by Crippen LogP contribution is 2.31. The number of carbonyl (C=O) groups excluding carboxylic acids is 2. The van der Waals surface area contributed by atoms with Crippen molar-refractivity contribution in [3.63, 3.8) is 0 Å². The Morgan fingerprint density at radius 2 is 2.03 bits per heavy atom. The van der Waals surface area contributed by atoms with Gasteiger partial charge in [0.05, 0.1) is 23.0 Å². The number of primary amides is 1. The molecule has 2 heterocycles. The highest BCUT2D eigenvalue weighted by atomic mass is 16.6. The van der Waals surface area contributed by atoms with Gasteiger partial charge in [0, 0.05) is 48.3 Å². The van der Waals surface area contributed by atoms with Crippen LogP contribution in [0.15, 0.2) is 36.8 Å². The van der Waals surface area contributed by atoms with E-state index in [0.717, 1.165) is 27.7 Å². The summed E-state index contributed by atoms with van der Waals surface area (Å²) >= 11 is 0. The Morgan fingerprint density at radius 1 is 1.23 bits per heavy atom. The molecule has 0 saturated heterocycles. The smallest absolute Gasteiger partial charge is 0.404 e. The number of aromatic amines is 1. The van der Waals surface area contributed by atoms with Crippen LogP contribution in [0.2, 0.25) is 0 Å². The molecule has 0 aliphatic heterocycles. The van der Waals surface area contributed by atoms with Gasteiger partial charge in [-0.2, -0.15) is 5.10 Å². The van der Waals surface area contributed by atoms with Crippen molar-refractivity contribution < 1.29 is 14.3 Å². The predicted octanol–water partition coefficient (Wildman–Crippen LogP) is 2.80. The lowest BCUT2D eigenvalue weighted by molar-refractivity contribution is 0.0363. The van der Waals surface area contributed by atoms with Crippen molar-refractivity contribution in [3.05, 3.63) is 42.4 Å². The van der Waals surface area contributed by atoms with E-state index < -0.39 is 6.09 Å². The first-order chi connectivity index (χ1) is 14.4. The van der Waals surface area contributed by atoms with E-state index in [2.05, 4.69) is 25.8 Å². The third kappa shape index (κ3) is 4.05. The maximum absolute atomic E-state index is 13.0. The van der Waals surface area contributed by atoms with Crippen LogP contribution < -0.4 is 16.4 Å². The summed E-state index contributed by atoms with van der Waals surface area (Å²) in [6.45, 7) is 4.04. The van der Waals surface area contributed by atoms with E-state index >= 15 is 0 Å². The van der Waals surface area contributed by atoms with Crippen LogP contribution in [-0.4, -0.2) is 45.4 Å². The van der Waals surface area contributed by atoms with Crippen LogP contribution in [0.25, 0.3) is 22.0 Å². The Labute approximate surface area is 173 Å². The summed E-state index contributed by atoms with van der Waals surface area (Å²) in [5.74, 6) is -0.219. The Hall–Kier alpha value is -3.62. The topological polar surface area (TPSA) is 135 Å². The van der Waals surface area contributed by atoms with Crippen molar-refractivity contribution in [3.8, 4) is 11.1 Å². The SMILES string of the molecule is CC(C)Nc1c(C(=O)N[C@H]2C[C@H](OC(N)=O)C2)cnc2ccc(-c3cn[nH]c3)cc12. The molecule has 0 unspecified atom stereocenters. The lowest BCUT2D eigenvalue weighted by atomic mass is 9.89. The number of benzene rings is 1. The molecular formula is C21H24N6O3. The maximum atomic E-state index is 13.0. The number of carbonyl (C=O) groups is 2. The number of aromatic nitrogens is 3. The zero-order valence-corrected chi connectivity index (χ0v) is 16.8. The minimum Gasteiger partial charge on any atom is -0.446 e. The van der Waals surface area contributed by atoms with Crippen molar-refractivity contribution in [2.75, 3.05) is 5.32 Å². The summed E-state index contributed by atoms with van der Waals surface area (Å²) in [6.07, 6.45) is 5.23. The fraction of sp³-hybridized carbons (Fsp3) is 0.333. The number of rotatable bonds is 6. The van der Waals surface area contributed by atoms with Gasteiger partial charge in [0.15, 0.2) is 0 Å². The van der Waals surface area contributed by atoms with Gasteiger partial charge in [-0.05, 0) is 31.5 Å². The minimum absolute atomic E-state index is 0.0679. The number of amides is 2. The van der Waals surface area contributed by atoms with E-state index in [4.69, 9.17) is 10.5 Å². The van der Waals surface area contributed by atoms with E-state index in [1.807, 2.05) is 38.2 Å². The molecule has 0 spiro atoms. The zero-order valence-electron chi connectivity index (χ0n) is 16.8. The summed E-state index contributed by atoms with van der Waals surface area (Å²) in [7, 11) is 0. The van der Waals surface area contributed by atoms with E-state index in [-0.39, 0.29) is 24.1 Å². The minimum atomic E-state index is -0.791. The molecule has 9 heteroatoms. The Kier molecular flexibility index (Phi) is 5.26. The molecule has 0 radical (unpaired) electrons. The third-order valence-electron chi connectivity index (χ3n) is 5.09. The van der Waals surface area contributed by atoms with Crippen LogP contribution in [0.4, 0.5) is 10.5 Å². The molecule has 0 bridgehead atoms. The molecule has 3 aromatic rings. The molecule has 1 aliphatic rings. The van der Waals surface area contributed by atoms with Crippen molar-refractivity contribution in [2.45, 2.75) is 44.9 Å². The fourth-order valence-corrected chi connectivity index (χ4v) is 3.60. The average molecular weight is 408 g/mol. The first kappa shape index (κ1) is 19.7. The molecule has 1 saturated carbocycles. The van der Waals surface area contributed by atoms with Crippen LogP contribution in [-0.2, 0) is 4.74 Å². The zero-order chi connectivity index (χ0) is 21.3. The fourth-order valence-electron chi connectivity index (χ4n) is 3.60. The number of ether oxygens (including phenoxy) is 1. The largest absolute Gasteiger partial charge is 0.446 e. The van der Waals surface area contributed by atoms with Gasteiger partial charge in [0.1, 0.15) is 6.10 Å². The number of pyridine rings is 1. The summed E-state index contributed by atoms with van der Waals surface area (Å²) in [6, 6.07) is 5.97. The first-order valence-corrected chi connectivity index (χ1v) is 9.86. The van der Waals surface area contributed by atoms with Gasteiger partial charge in [-0.15, -0.1) is 0 Å². The van der Waals surface area contributed by atoms with E-state index in [1.54, 1.807) is 12.4 Å². The third-order valence-corrected chi connectivity index (χ3v) is 5.09. The van der Waals surface area contributed by atoms with Gasteiger partial charge in [0.25, 0.3) is 5.91 Å². The van der Waals surface area contributed by atoms with Crippen molar-refractivity contribution in [2.24, 2.45) is 5.73 Å². The van der Waals surface area contributed by atoms with E-state index in [1.165, 1.54) is 0 Å². The van der Waals surface area contributed by atoms with Gasteiger partial charge >= 0.3 is 6.09 Å². The van der Waals surface area contributed by atoms with Crippen molar-refractivity contribution in [1.29, 1.82) is 0 Å². The maximum Gasteiger partial charge on any atom is 0.404 e. The number of H-pyrrole nitrogens is 1.